The number of aryl methyl sites for hydroxylation is 1. The van der Waals surface area contributed by atoms with Crippen LogP contribution in [0, 0.1) is 24.0 Å². The minimum absolute atomic E-state index is 0.0000154. The lowest BCUT2D eigenvalue weighted by atomic mass is 10.1. The Morgan fingerprint density at radius 2 is 2.15 bits per heavy atom. The van der Waals surface area contributed by atoms with E-state index in [-0.39, 0.29) is 5.69 Å². The van der Waals surface area contributed by atoms with Crippen LogP contribution in [0.3, 0.4) is 0 Å². The van der Waals surface area contributed by atoms with Gasteiger partial charge in [0.15, 0.2) is 0 Å². The number of halogens is 1. The molecule has 20 heavy (non-hydrogen) atoms. The first-order valence-electron chi connectivity index (χ1n) is 5.93. The van der Waals surface area contributed by atoms with E-state index in [0.29, 0.717) is 22.4 Å². The number of aromatic nitrogens is 2. The van der Waals surface area contributed by atoms with Gasteiger partial charge >= 0.3 is 0 Å². The molecule has 0 fully saturated rings. The molecule has 0 bridgehead atoms. The van der Waals surface area contributed by atoms with Crippen molar-refractivity contribution in [2.24, 2.45) is 0 Å². The first-order valence-corrected chi connectivity index (χ1v) is 6.73. The molecule has 0 saturated carbocycles. The van der Waals surface area contributed by atoms with Gasteiger partial charge in [-0.25, -0.2) is 4.98 Å². The standard InChI is InChI=1S/C13H13BrN4O2/c1-8-3-4-15-5-10(8)6-16-13-12(14)9(2)11(7-17-13)18(19)20/h3-5,7H,6H2,1-2H3,(H,16,17). The average Bonchev–Trinajstić information content (AvgIpc) is 2.41. The Kier molecular flexibility index (Phi) is 4.29. The molecule has 0 aromatic carbocycles. The summed E-state index contributed by atoms with van der Waals surface area (Å²) >= 11 is 3.35. The Morgan fingerprint density at radius 1 is 1.40 bits per heavy atom. The second-order valence-electron chi connectivity index (χ2n) is 4.34. The van der Waals surface area contributed by atoms with Crippen molar-refractivity contribution in [2.75, 3.05) is 5.32 Å². The highest BCUT2D eigenvalue weighted by Crippen LogP contribution is 2.30. The Morgan fingerprint density at radius 3 is 2.80 bits per heavy atom. The zero-order valence-electron chi connectivity index (χ0n) is 11.1. The van der Waals surface area contributed by atoms with Gasteiger partial charge in [-0.1, -0.05) is 0 Å². The van der Waals surface area contributed by atoms with Crippen LogP contribution in [0.4, 0.5) is 11.5 Å². The van der Waals surface area contributed by atoms with Gasteiger partial charge in [-0.3, -0.25) is 15.1 Å². The molecule has 1 N–H and O–H groups in total. The third-order valence-electron chi connectivity index (χ3n) is 3.03. The van der Waals surface area contributed by atoms with Crippen molar-refractivity contribution in [2.45, 2.75) is 20.4 Å². The van der Waals surface area contributed by atoms with Crippen LogP contribution in [0.5, 0.6) is 0 Å². The third kappa shape index (κ3) is 2.93. The van der Waals surface area contributed by atoms with Crippen LogP contribution in [0.15, 0.2) is 29.1 Å². The summed E-state index contributed by atoms with van der Waals surface area (Å²) in [6, 6.07) is 1.93. The number of hydrogen-bond acceptors (Lipinski definition) is 5. The molecule has 0 amide bonds. The second kappa shape index (κ2) is 5.96. The van der Waals surface area contributed by atoms with E-state index in [4.69, 9.17) is 0 Å². The lowest BCUT2D eigenvalue weighted by Crippen LogP contribution is -2.05. The van der Waals surface area contributed by atoms with E-state index in [0.717, 1.165) is 11.1 Å². The Hall–Kier alpha value is -2.02. The zero-order valence-corrected chi connectivity index (χ0v) is 12.6. The Bertz CT molecular complexity index is 661. The van der Waals surface area contributed by atoms with Crippen LogP contribution in [0.25, 0.3) is 0 Å². The van der Waals surface area contributed by atoms with E-state index >= 15 is 0 Å². The molecule has 0 radical (unpaired) electrons. The lowest BCUT2D eigenvalue weighted by molar-refractivity contribution is -0.385. The summed E-state index contributed by atoms with van der Waals surface area (Å²) in [5.41, 5.74) is 2.73. The lowest BCUT2D eigenvalue weighted by Gasteiger charge is -2.10. The van der Waals surface area contributed by atoms with Crippen LogP contribution in [-0.2, 0) is 6.54 Å². The van der Waals surface area contributed by atoms with E-state index < -0.39 is 4.92 Å². The highest BCUT2D eigenvalue weighted by Gasteiger charge is 2.17. The molecule has 0 saturated heterocycles. The number of nitrogens with zero attached hydrogens (tertiary/aromatic N) is 3. The van der Waals surface area contributed by atoms with E-state index in [1.54, 1.807) is 19.3 Å². The summed E-state index contributed by atoms with van der Waals surface area (Å²) in [5, 5.41) is 14.0. The van der Waals surface area contributed by atoms with Gasteiger partial charge in [0, 0.05) is 24.5 Å². The molecule has 6 nitrogen and oxygen atoms in total. The van der Waals surface area contributed by atoms with Gasteiger partial charge in [0.2, 0.25) is 0 Å². The fraction of sp³-hybridized carbons (Fsp3) is 0.231. The van der Waals surface area contributed by atoms with Gasteiger partial charge in [0.25, 0.3) is 5.69 Å². The molecule has 2 aromatic heterocycles. The summed E-state index contributed by atoms with van der Waals surface area (Å²) in [5.74, 6) is 0.580. The summed E-state index contributed by atoms with van der Waals surface area (Å²) in [4.78, 5) is 18.5. The van der Waals surface area contributed by atoms with Crippen molar-refractivity contribution in [3.63, 3.8) is 0 Å². The van der Waals surface area contributed by atoms with E-state index in [2.05, 4.69) is 31.2 Å². The summed E-state index contributed by atoms with van der Waals surface area (Å²) < 4.78 is 0.605. The Labute approximate surface area is 124 Å². The minimum Gasteiger partial charge on any atom is -0.365 e. The number of nitrogens with one attached hydrogen (secondary N) is 1. The van der Waals surface area contributed by atoms with Crippen LogP contribution < -0.4 is 5.32 Å². The van der Waals surface area contributed by atoms with E-state index in [1.807, 2.05) is 13.0 Å². The first-order chi connectivity index (χ1) is 9.50. The third-order valence-corrected chi connectivity index (χ3v) is 4.00. The van der Waals surface area contributed by atoms with Gasteiger partial charge < -0.3 is 5.32 Å². The molecule has 0 aliphatic carbocycles. The molecule has 0 aliphatic rings. The number of hydrogen-bond donors (Lipinski definition) is 1. The van der Waals surface area contributed by atoms with Crippen molar-refractivity contribution >= 4 is 27.4 Å². The fourth-order valence-corrected chi connectivity index (χ4v) is 2.18. The molecule has 7 heteroatoms. The quantitative estimate of drug-likeness (QED) is 0.683. The molecule has 0 atom stereocenters. The second-order valence-corrected chi connectivity index (χ2v) is 5.14. The summed E-state index contributed by atoms with van der Waals surface area (Å²) in [6.07, 6.45) is 4.79. The van der Waals surface area contributed by atoms with Crippen LogP contribution in [-0.4, -0.2) is 14.9 Å². The van der Waals surface area contributed by atoms with Crippen molar-refractivity contribution in [3.8, 4) is 0 Å². The predicted octanol–water partition coefficient (Wildman–Crippen LogP) is 3.38. The van der Waals surface area contributed by atoms with Crippen molar-refractivity contribution in [1.82, 2.24) is 9.97 Å². The van der Waals surface area contributed by atoms with Gasteiger partial charge in [-0.2, -0.15) is 0 Å². The van der Waals surface area contributed by atoms with Gasteiger partial charge in [0.1, 0.15) is 12.0 Å². The highest BCUT2D eigenvalue weighted by atomic mass is 79.9. The Balaban J connectivity index is 2.21. The molecule has 0 aliphatic heterocycles. The molecule has 2 heterocycles. The summed E-state index contributed by atoms with van der Waals surface area (Å²) in [7, 11) is 0. The van der Waals surface area contributed by atoms with Gasteiger partial charge in [-0.05, 0) is 47.0 Å². The van der Waals surface area contributed by atoms with Gasteiger partial charge in [-0.15, -0.1) is 0 Å². The highest BCUT2D eigenvalue weighted by molar-refractivity contribution is 9.10. The number of rotatable bonds is 4. The maximum atomic E-state index is 10.8. The van der Waals surface area contributed by atoms with Crippen LogP contribution >= 0.6 is 15.9 Å². The molecule has 0 unspecified atom stereocenters. The molecule has 2 aromatic rings. The SMILES string of the molecule is Cc1ccncc1CNc1ncc([N+](=O)[O-])c(C)c1Br. The first kappa shape index (κ1) is 14.4. The van der Waals surface area contributed by atoms with E-state index in [9.17, 15) is 10.1 Å². The summed E-state index contributed by atoms with van der Waals surface area (Å²) in [6.45, 7) is 4.25. The molecule has 2 rings (SSSR count). The largest absolute Gasteiger partial charge is 0.365 e. The molecule has 104 valence electrons. The number of anilines is 1. The van der Waals surface area contributed by atoms with Gasteiger partial charge in [0.05, 0.1) is 9.40 Å². The maximum absolute atomic E-state index is 10.8. The number of nitro groups is 1. The van der Waals surface area contributed by atoms with Crippen molar-refractivity contribution in [3.05, 3.63) is 55.9 Å². The minimum atomic E-state index is -0.442. The molecule has 0 spiro atoms. The monoisotopic (exact) mass is 336 g/mol. The maximum Gasteiger partial charge on any atom is 0.291 e. The fourth-order valence-electron chi connectivity index (χ4n) is 1.74. The van der Waals surface area contributed by atoms with E-state index in [1.165, 1.54) is 6.20 Å². The normalized spacial score (nSPS) is 10.3. The van der Waals surface area contributed by atoms with Crippen LogP contribution in [0.2, 0.25) is 0 Å². The average molecular weight is 337 g/mol. The predicted molar refractivity (Wildman–Crippen MR) is 79.6 cm³/mol. The smallest absolute Gasteiger partial charge is 0.291 e. The van der Waals surface area contributed by atoms with Crippen molar-refractivity contribution < 1.29 is 4.92 Å². The number of pyridine rings is 2. The topological polar surface area (TPSA) is 81.0 Å². The molecular formula is C13H13BrN4O2. The molecular weight excluding hydrogens is 324 g/mol. The van der Waals surface area contributed by atoms with Crippen LogP contribution in [0.1, 0.15) is 16.7 Å². The van der Waals surface area contributed by atoms with Crippen molar-refractivity contribution in [1.29, 1.82) is 0 Å². The zero-order chi connectivity index (χ0) is 14.7.